The highest BCUT2D eigenvalue weighted by molar-refractivity contribution is 5.80. The van der Waals surface area contributed by atoms with Gasteiger partial charge in [0.15, 0.2) is 0 Å². The van der Waals surface area contributed by atoms with Gasteiger partial charge in [-0.2, -0.15) is 0 Å². The number of rotatable bonds is 7. The number of carboxylic acid groups (broad SMARTS) is 1. The van der Waals surface area contributed by atoms with Gasteiger partial charge in [-0.25, -0.2) is 0 Å². The summed E-state index contributed by atoms with van der Waals surface area (Å²) in [6.45, 7) is 9.54. The lowest BCUT2D eigenvalue weighted by atomic mass is 9.84. The van der Waals surface area contributed by atoms with Gasteiger partial charge in [0.2, 0.25) is 5.91 Å². The molecule has 1 aromatic rings. The lowest BCUT2D eigenvalue weighted by molar-refractivity contribution is -0.139. The highest BCUT2D eigenvalue weighted by Crippen LogP contribution is 2.22. The van der Waals surface area contributed by atoms with Gasteiger partial charge in [-0.3, -0.25) is 9.59 Å². The topological polar surface area (TPSA) is 66.4 Å². The molecule has 2 unspecified atom stereocenters. The van der Waals surface area contributed by atoms with Gasteiger partial charge in [-0.1, -0.05) is 50.6 Å². The van der Waals surface area contributed by atoms with E-state index in [9.17, 15) is 9.59 Å². The van der Waals surface area contributed by atoms with Crippen molar-refractivity contribution in [1.29, 1.82) is 0 Å². The van der Waals surface area contributed by atoms with Gasteiger partial charge >= 0.3 is 5.97 Å². The minimum absolute atomic E-state index is 0.0409. The average molecular weight is 305 g/mol. The minimum atomic E-state index is -0.900. The molecular weight excluding hydrogens is 278 g/mol. The highest BCUT2D eigenvalue weighted by atomic mass is 16.4. The van der Waals surface area contributed by atoms with Crippen LogP contribution in [-0.2, 0) is 16.0 Å². The molecule has 0 saturated heterocycles. The molecule has 4 heteroatoms. The van der Waals surface area contributed by atoms with Crippen molar-refractivity contribution in [3.8, 4) is 0 Å². The van der Waals surface area contributed by atoms with Crippen LogP contribution in [0.25, 0.3) is 0 Å². The molecule has 0 bridgehead atoms. The zero-order valence-electron chi connectivity index (χ0n) is 14.1. The monoisotopic (exact) mass is 305 g/mol. The Balaban J connectivity index is 2.72. The van der Waals surface area contributed by atoms with Gasteiger partial charge in [-0.05, 0) is 31.7 Å². The lowest BCUT2D eigenvalue weighted by Crippen LogP contribution is -2.52. The Morgan fingerprint density at radius 1 is 1.18 bits per heavy atom. The molecule has 1 aromatic carbocycles. The molecule has 2 N–H and O–H groups in total. The largest absolute Gasteiger partial charge is 0.481 e. The molecule has 0 aliphatic rings. The van der Waals surface area contributed by atoms with Crippen LogP contribution in [0.2, 0.25) is 0 Å². The normalized spacial score (nSPS) is 15.2. The number of carbonyl (C=O) groups is 2. The van der Waals surface area contributed by atoms with Crippen molar-refractivity contribution in [1.82, 2.24) is 5.32 Å². The molecule has 1 rings (SSSR count). The van der Waals surface area contributed by atoms with E-state index >= 15 is 0 Å². The van der Waals surface area contributed by atoms with Crippen LogP contribution < -0.4 is 5.32 Å². The Hall–Kier alpha value is -1.84. The smallest absolute Gasteiger partial charge is 0.305 e. The van der Waals surface area contributed by atoms with Gasteiger partial charge in [0.25, 0.3) is 0 Å². The molecule has 0 aliphatic carbocycles. The second-order valence-corrected chi connectivity index (χ2v) is 6.72. The lowest BCUT2D eigenvalue weighted by Gasteiger charge is -2.34. The fraction of sp³-hybridized carbons (Fsp3) is 0.556. The molecule has 0 aliphatic heterocycles. The molecule has 4 nitrogen and oxygen atoms in total. The molecule has 0 saturated carbocycles. The average Bonchev–Trinajstić information content (AvgIpc) is 2.40. The second-order valence-electron chi connectivity index (χ2n) is 6.72. The van der Waals surface area contributed by atoms with E-state index in [1.807, 2.05) is 52.0 Å². The van der Waals surface area contributed by atoms with E-state index in [1.165, 1.54) is 5.56 Å². The summed E-state index contributed by atoms with van der Waals surface area (Å²) in [5.74, 6) is -1.16. The second kappa shape index (κ2) is 7.43. The first-order valence-corrected chi connectivity index (χ1v) is 7.73. The van der Waals surface area contributed by atoms with Crippen molar-refractivity contribution in [2.45, 2.75) is 53.0 Å². The number of carbonyl (C=O) groups excluding carboxylic acids is 1. The maximum atomic E-state index is 12.4. The van der Waals surface area contributed by atoms with E-state index in [1.54, 1.807) is 6.92 Å². The Labute approximate surface area is 132 Å². The summed E-state index contributed by atoms with van der Waals surface area (Å²) in [6.07, 6.45) is 0.570. The maximum absolute atomic E-state index is 12.4. The molecule has 0 fully saturated rings. The molecule has 2 atom stereocenters. The molecule has 0 heterocycles. The summed E-state index contributed by atoms with van der Waals surface area (Å²) in [6, 6.07) is 8.11. The number of aryl methyl sites for hydroxylation is 1. The van der Waals surface area contributed by atoms with Gasteiger partial charge in [-0.15, -0.1) is 0 Å². The molecule has 22 heavy (non-hydrogen) atoms. The highest BCUT2D eigenvalue weighted by Gasteiger charge is 2.33. The molecular formula is C18H27NO3. The Morgan fingerprint density at radius 2 is 1.73 bits per heavy atom. The van der Waals surface area contributed by atoms with Crippen LogP contribution in [-0.4, -0.2) is 22.5 Å². The fourth-order valence-corrected chi connectivity index (χ4v) is 2.28. The van der Waals surface area contributed by atoms with E-state index in [2.05, 4.69) is 5.32 Å². The van der Waals surface area contributed by atoms with Crippen molar-refractivity contribution >= 4 is 11.9 Å². The fourth-order valence-electron chi connectivity index (χ4n) is 2.28. The third-order valence-corrected chi connectivity index (χ3v) is 4.31. The summed E-state index contributed by atoms with van der Waals surface area (Å²) in [5, 5.41) is 12.0. The van der Waals surface area contributed by atoms with Crippen LogP contribution in [0.1, 0.15) is 45.2 Å². The van der Waals surface area contributed by atoms with Crippen molar-refractivity contribution in [2.24, 2.45) is 11.8 Å². The predicted octanol–water partition coefficient (Wildman–Crippen LogP) is 3.18. The van der Waals surface area contributed by atoms with Crippen molar-refractivity contribution in [2.75, 3.05) is 0 Å². The van der Waals surface area contributed by atoms with E-state index < -0.39 is 11.5 Å². The molecule has 1 amide bonds. The van der Waals surface area contributed by atoms with Crippen LogP contribution in [0.3, 0.4) is 0 Å². The predicted molar refractivity (Wildman–Crippen MR) is 87.7 cm³/mol. The van der Waals surface area contributed by atoms with Crippen molar-refractivity contribution in [3.05, 3.63) is 35.4 Å². The van der Waals surface area contributed by atoms with E-state index in [0.717, 1.165) is 5.56 Å². The third-order valence-electron chi connectivity index (χ3n) is 4.31. The number of aliphatic carboxylic acids is 1. The summed E-state index contributed by atoms with van der Waals surface area (Å²) in [4.78, 5) is 23.5. The minimum Gasteiger partial charge on any atom is -0.481 e. The SMILES string of the molecule is Cc1ccc(CC(C)C(=O)NC(C)(CC(=O)O)C(C)C)cc1. The zero-order chi connectivity index (χ0) is 16.9. The van der Waals surface area contributed by atoms with E-state index in [0.29, 0.717) is 6.42 Å². The van der Waals surface area contributed by atoms with Crippen LogP contribution in [0, 0.1) is 18.8 Å². The molecule has 0 spiro atoms. The quantitative estimate of drug-likeness (QED) is 0.813. The summed E-state index contributed by atoms with van der Waals surface area (Å²) < 4.78 is 0. The van der Waals surface area contributed by atoms with Crippen LogP contribution >= 0.6 is 0 Å². The van der Waals surface area contributed by atoms with Gasteiger partial charge in [0.1, 0.15) is 0 Å². The number of amides is 1. The number of hydrogen-bond acceptors (Lipinski definition) is 2. The van der Waals surface area contributed by atoms with Gasteiger partial charge < -0.3 is 10.4 Å². The number of benzene rings is 1. The third kappa shape index (κ3) is 5.17. The molecule has 122 valence electrons. The van der Waals surface area contributed by atoms with Crippen LogP contribution in [0.15, 0.2) is 24.3 Å². The molecule has 0 aromatic heterocycles. The first kappa shape index (κ1) is 18.2. The van der Waals surface area contributed by atoms with Gasteiger partial charge in [0.05, 0.1) is 6.42 Å². The first-order chi connectivity index (χ1) is 10.1. The van der Waals surface area contributed by atoms with Crippen molar-refractivity contribution in [3.63, 3.8) is 0 Å². The number of nitrogens with one attached hydrogen (secondary N) is 1. The van der Waals surface area contributed by atoms with Crippen molar-refractivity contribution < 1.29 is 14.7 Å². The zero-order valence-corrected chi connectivity index (χ0v) is 14.1. The summed E-state index contributed by atoms with van der Waals surface area (Å²) in [7, 11) is 0. The summed E-state index contributed by atoms with van der Waals surface area (Å²) in [5.41, 5.74) is 1.57. The Kier molecular flexibility index (Phi) is 6.15. The first-order valence-electron chi connectivity index (χ1n) is 7.73. The van der Waals surface area contributed by atoms with E-state index in [-0.39, 0.29) is 24.2 Å². The standard InChI is InChI=1S/C18H27NO3/c1-12(2)18(5,11-16(20)21)19-17(22)14(4)10-15-8-6-13(3)7-9-15/h6-9,12,14H,10-11H2,1-5H3,(H,19,22)(H,20,21). The van der Waals surface area contributed by atoms with E-state index in [4.69, 9.17) is 5.11 Å². The Bertz CT molecular complexity index is 522. The van der Waals surface area contributed by atoms with Gasteiger partial charge in [0, 0.05) is 11.5 Å². The van der Waals surface area contributed by atoms with Crippen LogP contribution in [0.4, 0.5) is 0 Å². The van der Waals surface area contributed by atoms with Crippen LogP contribution in [0.5, 0.6) is 0 Å². The number of hydrogen-bond donors (Lipinski definition) is 2. The number of carboxylic acids is 1. The maximum Gasteiger partial charge on any atom is 0.305 e. The summed E-state index contributed by atoms with van der Waals surface area (Å²) >= 11 is 0. The Morgan fingerprint density at radius 3 is 2.18 bits per heavy atom. The molecule has 0 radical (unpaired) electrons.